The smallest absolute Gasteiger partial charge is 0.238 e. The highest BCUT2D eigenvalue weighted by Crippen LogP contribution is 2.15. The lowest BCUT2D eigenvalue weighted by Gasteiger charge is -2.08. The van der Waals surface area contributed by atoms with E-state index in [1.54, 1.807) is 19.2 Å². The van der Waals surface area contributed by atoms with Crippen LogP contribution in [0.1, 0.15) is 11.1 Å². The first-order valence-electron chi connectivity index (χ1n) is 4.62. The molecule has 78 valence electrons. The largest absolute Gasteiger partial charge is 0.325 e. The summed E-state index contributed by atoms with van der Waals surface area (Å²) in [4.78, 5) is 11.3. The van der Waals surface area contributed by atoms with Gasteiger partial charge in [0.1, 0.15) is 0 Å². The van der Waals surface area contributed by atoms with Gasteiger partial charge in [-0.05, 0) is 31.7 Å². The highest BCUT2D eigenvalue weighted by Gasteiger charge is 2.04. The van der Waals surface area contributed by atoms with E-state index in [2.05, 4.69) is 10.6 Å². The van der Waals surface area contributed by atoms with Crippen molar-refractivity contribution in [2.45, 2.75) is 6.92 Å². The molecule has 0 spiro atoms. The molecule has 0 saturated heterocycles. The summed E-state index contributed by atoms with van der Waals surface area (Å²) in [7, 11) is 1.71. The zero-order valence-electron chi connectivity index (χ0n) is 8.79. The number of rotatable bonds is 3. The molecule has 0 unspecified atom stereocenters. The predicted molar refractivity (Wildman–Crippen MR) is 58.5 cm³/mol. The van der Waals surface area contributed by atoms with E-state index in [0.29, 0.717) is 11.3 Å². The number of likely N-dealkylation sites (N-methyl/N-ethyl adjacent to an activating group) is 1. The van der Waals surface area contributed by atoms with Crippen molar-refractivity contribution in [3.8, 4) is 6.07 Å². The molecule has 0 aliphatic carbocycles. The van der Waals surface area contributed by atoms with Gasteiger partial charge in [0.15, 0.2) is 0 Å². The monoisotopic (exact) mass is 203 g/mol. The van der Waals surface area contributed by atoms with Crippen LogP contribution in [0.25, 0.3) is 0 Å². The number of nitrogens with one attached hydrogen (secondary N) is 2. The number of anilines is 1. The maximum Gasteiger partial charge on any atom is 0.238 e. The Kier molecular flexibility index (Phi) is 3.83. The first kappa shape index (κ1) is 11.2. The fourth-order valence-corrected chi connectivity index (χ4v) is 1.18. The van der Waals surface area contributed by atoms with Crippen LogP contribution >= 0.6 is 0 Å². The second kappa shape index (κ2) is 5.13. The number of aryl methyl sites for hydroxylation is 1. The van der Waals surface area contributed by atoms with Crippen molar-refractivity contribution in [1.29, 1.82) is 5.26 Å². The van der Waals surface area contributed by atoms with Gasteiger partial charge in [0.05, 0.1) is 18.2 Å². The van der Waals surface area contributed by atoms with Crippen LogP contribution in [0.2, 0.25) is 0 Å². The van der Waals surface area contributed by atoms with Crippen LogP contribution in [0, 0.1) is 18.3 Å². The topological polar surface area (TPSA) is 64.9 Å². The maximum absolute atomic E-state index is 11.3. The van der Waals surface area contributed by atoms with Gasteiger partial charge in [-0.15, -0.1) is 0 Å². The minimum Gasteiger partial charge on any atom is -0.325 e. The van der Waals surface area contributed by atoms with Crippen molar-refractivity contribution < 1.29 is 4.79 Å². The molecule has 0 radical (unpaired) electrons. The molecule has 1 rings (SSSR count). The summed E-state index contributed by atoms with van der Waals surface area (Å²) in [5.41, 5.74) is 2.17. The standard InChI is InChI=1S/C11H13N3O/c1-8-3-4-9(6-12)5-10(8)14-11(15)7-13-2/h3-5,13H,7H2,1-2H3,(H,14,15). The molecule has 0 aromatic heterocycles. The van der Waals surface area contributed by atoms with E-state index < -0.39 is 0 Å². The Balaban J connectivity index is 2.85. The van der Waals surface area contributed by atoms with Crippen LogP contribution in [0.3, 0.4) is 0 Å². The number of hydrogen-bond acceptors (Lipinski definition) is 3. The third-order valence-corrected chi connectivity index (χ3v) is 1.98. The van der Waals surface area contributed by atoms with Gasteiger partial charge >= 0.3 is 0 Å². The lowest BCUT2D eigenvalue weighted by atomic mass is 10.1. The first-order chi connectivity index (χ1) is 7.17. The second-order valence-electron chi connectivity index (χ2n) is 3.22. The normalized spacial score (nSPS) is 9.40. The minimum absolute atomic E-state index is 0.115. The molecule has 0 fully saturated rings. The number of carbonyl (C=O) groups is 1. The predicted octanol–water partition coefficient (Wildman–Crippen LogP) is 1.02. The second-order valence-corrected chi connectivity index (χ2v) is 3.22. The maximum atomic E-state index is 11.3. The summed E-state index contributed by atoms with van der Waals surface area (Å²) in [6, 6.07) is 7.24. The summed E-state index contributed by atoms with van der Waals surface area (Å²) in [6.07, 6.45) is 0. The quantitative estimate of drug-likeness (QED) is 0.771. The average molecular weight is 203 g/mol. The Morgan fingerprint density at radius 1 is 1.53 bits per heavy atom. The van der Waals surface area contributed by atoms with Crippen LogP contribution in [0.5, 0.6) is 0 Å². The van der Waals surface area contributed by atoms with Gasteiger partial charge < -0.3 is 10.6 Å². The number of carbonyl (C=O) groups excluding carboxylic acids is 1. The minimum atomic E-state index is -0.115. The van der Waals surface area contributed by atoms with E-state index in [1.807, 2.05) is 19.1 Å². The summed E-state index contributed by atoms with van der Waals surface area (Å²) in [6.45, 7) is 2.15. The molecule has 15 heavy (non-hydrogen) atoms. The van der Waals surface area contributed by atoms with Crippen molar-refractivity contribution in [3.05, 3.63) is 29.3 Å². The van der Waals surface area contributed by atoms with Crippen molar-refractivity contribution in [2.24, 2.45) is 0 Å². The average Bonchev–Trinajstić information content (AvgIpc) is 2.21. The molecular formula is C11H13N3O. The van der Waals surface area contributed by atoms with Crippen LogP contribution in [-0.4, -0.2) is 19.5 Å². The zero-order chi connectivity index (χ0) is 11.3. The molecule has 0 heterocycles. The third-order valence-electron chi connectivity index (χ3n) is 1.98. The fraction of sp³-hybridized carbons (Fsp3) is 0.273. The fourth-order valence-electron chi connectivity index (χ4n) is 1.18. The Bertz CT molecular complexity index is 407. The van der Waals surface area contributed by atoms with E-state index in [0.717, 1.165) is 5.56 Å². The summed E-state index contributed by atoms with van der Waals surface area (Å²) in [5.74, 6) is -0.115. The van der Waals surface area contributed by atoms with Crippen molar-refractivity contribution in [2.75, 3.05) is 18.9 Å². The van der Waals surface area contributed by atoms with Gasteiger partial charge in [-0.2, -0.15) is 5.26 Å². The molecule has 0 saturated carbocycles. The molecule has 4 heteroatoms. The lowest BCUT2D eigenvalue weighted by Crippen LogP contribution is -2.25. The van der Waals surface area contributed by atoms with Gasteiger partial charge in [0, 0.05) is 5.69 Å². The Labute approximate surface area is 88.9 Å². The summed E-state index contributed by atoms with van der Waals surface area (Å²) >= 11 is 0. The van der Waals surface area contributed by atoms with Gasteiger partial charge in [0.2, 0.25) is 5.91 Å². The molecule has 4 nitrogen and oxygen atoms in total. The summed E-state index contributed by atoms with van der Waals surface area (Å²) < 4.78 is 0. The molecule has 0 bridgehead atoms. The summed E-state index contributed by atoms with van der Waals surface area (Å²) in [5, 5.41) is 14.2. The SMILES string of the molecule is CNCC(=O)Nc1cc(C#N)ccc1C. The molecular weight excluding hydrogens is 190 g/mol. The Morgan fingerprint density at radius 2 is 2.27 bits per heavy atom. The van der Waals surface area contributed by atoms with E-state index in [4.69, 9.17) is 5.26 Å². The van der Waals surface area contributed by atoms with Gasteiger partial charge in [-0.3, -0.25) is 4.79 Å². The zero-order valence-corrected chi connectivity index (χ0v) is 8.79. The molecule has 1 amide bonds. The van der Waals surface area contributed by atoms with Crippen LogP contribution in [-0.2, 0) is 4.79 Å². The number of nitrogens with zero attached hydrogens (tertiary/aromatic N) is 1. The van der Waals surface area contributed by atoms with Gasteiger partial charge in [-0.25, -0.2) is 0 Å². The number of benzene rings is 1. The van der Waals surface area contributed by atoms with E-state index in [-0.39, 0.29) is 12.5 Å². The lowest BCUT2D eigenvalue weighted by molar-refractivity contribution is -0.115. The Morgan fingerprint density at radius 3 is 2.87 bits per heavy atom. The van der Waals surface area contributed by atoms with E-state index in [9.17, 15) is 4.79 Å². The highest BCUT2D eigenvalue weighted by molar-refractivity contribution is 5.93. The van der Waals surface area contributed by atoms with Crippen LogP contribution in [0.15, 0.2) is 18.2 Å². The Hall–Kier alpha value is -1.86. The van der Waals surface area contributed by atoms with Crippen LogP contribution in [0.4, 0.5) is 5.69 Å². The molecule has 2 N–H and O–H groups in total. The van der Waals surface area contributed by atoms with Crippen LogP contribution < -0.4 is 10.6 Å². The molecule has 1 aromatic carbocycles. The van der Waals surface area contributed by atoms with Crippen molar-refractivity contribution in [1.82, 2.24) is 5.32 Å². The molecule has 0 aliphatic rings. The molecule has 0 aliphatic heterocycles. The molecule has 0 atom stereocenters. The highest BCUT2D eigenvalue weighted by atomic mass is 16.1. The van der Waals surface area contributed by atoms with E-state index in [1.165, 1.54) is 0 Å². The van der Waals surface area contributed by atoms with E-state index >= 15 is 0 Å². The van der Waals surface area contributed by atoms with Crippen molar-refractivity contribution >= 4 is 11.6 Å². The number of nitriles is 1. The van der Waals surface area contributed by atoms with Gasteiger partial charge in [-0.1, -0.05) is 6.07 Å². The number of hydrogen-bond donors (Lipinski definition) is 2. The third kappa shape index (κ3) is 3.08. The molecule has 1 aromatic rings. The van der Waals surface area contributed by atoms with Crippen molar-refractivity contribution in [3.63, 3.8) is 0 Å². The number of amides is 1. The van der Waals surface area contributed by atoms with Gasteiger partial charge in [0.25, 0.3) is 0 Å². The first-order valence-corrected chi connectivity index (χ1v) is 4.62.